The maximum atomic E-state index is 13.3. The van der Waals surface area contributed by atoms with Gasteiger partial charge in [0, 0.05) is 28.0 Å². The maximum Gasteiger partial charge on any atom is 0.260 e. The molecule has 1 amide bonds. The number of halogens is 1. The van der Waals surface area contributed by atoms with E-state index in [2.05, 4.69) is 53.1 Å². The summed E-state index contributed by atoms with van der Waals surface area (Å²) in [5.74, 6) is -0.0104. The number of hydrogen-bond donors (Lipinski definition) is 0. The molecule has 0 radical (unpaired) electrons. The Morgan fingerprint density at radius 1 is 1.11 bits per heavy atom. The van der Waals surface area contributed by atoms with Gasteiger partial charge in [-0.25, -0.2) is 4.98 Å². The first-order valence-corrected chi connectivity index (χ1v) is 12.1. The van der Waals surface area contributed by atoms with Gasteiger partial charge >= 0.3 is 0 Å². The van der Waals surface area contributed by atoms with Crippen molar-refractivity contribution in [3.8, 4) is 0 Å². The van der Waals surface area contributed by atoms with E-state index in [0.29, 0.717) is 12.1 Å². The van der Waals surface area contributed by atoms with Crippen LogP contribution in [0, 0.1) is 0 Å². The van der Waals surface area contributed by atoms with Crippen molar-refractivity contribution in [1.82, 2.24) is 9.88 Å². The molecule has 7 heteroatoms. The van der Waals surface area contributed by atoms with E-state index < -0.39 is 0 Å². The van der Waals surface area contributed by atoms with Crippen molar-refractivity contribution in [2.24, 2.45) is 0 Å². The minimum atomic E-state index is -0.0104. The van der Waals surface area contributed by atoms with E-state index >= 15 is 0 Å². The van der Waals surface area contributed by atoms with E-state index in [9.17, 15) is 4.79 Å². The first kappa shape index (κ1) is 21.3. The predicted molar refractivity (Wildman–Crippen MR) is 125 cm³/mol. The molecule has 0 bridgehead atoms. The van der Waals surface area contributed by atoms with Crippen LogP contribution in [0.15, 0.2) is 51.8 Å². The van der Waals surface area contributed by atoms with Crippen LogP contribution in [0.4, 0.5) is 5.13 Å². The van der Waals surface area contributed by atoms with Crippen molar-refractivity contribution in [2.75, 3.05) is 37.3 Å². The lowest BCUT2D eigenvalue weighted by molar-refractivity contribution is 0.0984. The van der Waals surface area contributed by atoms with Gasteiger partial charge in [0.1, 0.15) is 0 Å². The van der Waals surface area contributed by atoms with Crippen molar-refractivity contribution in [2.45, 2.75) is 18.7 Å². The molecular formula is C21H24BrN3OS2. The first-order chi connectivity index (χ1) is 13.5. The number of likely N-dealkylation sites (N-methyl/N-ethyl adjacent to an activating group) is 1. The third kappa shape index (κ3) is 4.95. The van der Waals surface area contributed by atoms with Crippen molar-refractivity contribution in [1.29, 1.82) is 0 Å². The second kappa shape index (κ2) is 9.87. The molecule has 0 saturated heterocycles. The monoisotopic (exact) mass is 477 g/mol. The van der Waals surface area contributed by atoms with Crippen LogP contribution in [0.3, 0.4) is 0 Å². The number of benzene rings is 2. The number of anilines is 1. The topological polar surface area (TPSA) is 36.4 Å². The van der Waals surface area contributed by atoms with Crippen LogP contribution in [0.25, 0.3) is 10.2 Å². The summed E-state index contributed by atoms with van der Waals surface area (Å²) in [6, 6.07) is 13.8. The number of amides is 1. The number of carbonyl (C=O) groups excluding carboxylic acids is 1. The second-order valence-corrected chi connectivity index (χ2v) is 9.13. The number of aromatic nitrogens is 1. The van der Waals surface area contributed by atoms with Crippen LogP contribution in [-0.4, -0.2) is 48.2 Å². The fraction of sp³-hybridized carbons (Fsp3) is 0.333. The summed E-state index contributed by atoms with van der Waals surface area (Å²) in [5.41, 5.74) is 1.61. The van der Waals surface area contributed by atoms with E-state index in [-0.39, 0.29) is 5.91 Å². The third-order valence-corrected chi connectivity index (χ3v) is 6.98. The molecule has 0 aliphatic carbocycles. The zero-order valence-corrected chi connectivity index (χ0v) is 19.5. The highest BCUT2D eigenvalue weighted by Crippen LogP contribution is 2.32. The van der Waals surface area contributed by atoms with Gasteiger partial charge in [0.05, 0.1) is 10.2 Å². The summed E-state index contributed by atoms with van der Waals surface area (Å²) in [7, 11) is 0. The molecule has 4 nitrogen and oxygen atoms in total. The highest BCUT2D eigenvalue weighted by molar-refractivity contribution is 9.10. The van der Waals surface area contributed by atoms with Crippen LogP contribution in [0.2, 0.25) is 0 Å². The van der Waals surface area contributed by atoms with Crippen LogP contribution < -0.4 is 4.90 Å². The Balaban J connectivity index is 1.94. The average molecular weight is 478 g/mol. The van der Waals surface area contributed by atoms with E-state index in [1.54, 1.807) is 23.1 Å². The highest BCUT2D eigenvalue weighted by atomic mass is 79.9. The standard InChI is InChI=1S/C21H24BrN3OS2/c1-4-24(5-2)12-13-25(20(26)15-6-8-16(22)9-7-15)21-23-18-11-10-17(27-3)14-19(18)28-21/h6-11,14H,4-5,12-13H2,1-3H3. The lowest BCUT2D eigenvalue weighted by atomic mass is 10.2. The van der Waals surface area contributed by atoms with Gasteiger partial charge in [-0.15, -0.1) is 11.8 Å². The summed E-state index contributed by atoms with van der Waals surface area (Å²) >= 11 is 6.73. The van der Waals surface area contributed by atoms with Crippen LogP contribution >= 0.6 is 39.0 Å². The summed E-state index contributed by atoms with van der Waals surface area (Å²) in [4.78, 5) is 23.4. The molecule has 0 aliphatic rings. The van der Waals surface area contributed by atoms with Crippen LogP contribution in [-0.2, 0) is 0 Å². The number of nitrogens with zero attached hydrogens (tertiary/aromatic N) is 3. The highest BCUT2D eigenvalue weighted by Gasteiger charge is 2.22. The zero-order chi connectivity index (χ0) is 20.1. The number of rotatable bonds is 8. The average Bonchev–Trinajstić information content (AvgIpc) is 3.14. The number of carbonyl (C=O) groups is 1. The molecule has 0 unspecified atom stereocenters. The Labute approximate surface area is 183 Å². The number of hydrogen-bond acceptors (Lipinski definition) is 5. The van der Waals surface area contributed by atoms with Gasteiger partial charge in [-0.2, -0.15) is 0 Å². The van der Waals surface area contributed by atoms with Crippen molar-refractivity contribution in [3.63, 3.8) is 0 Å². The van der Waals surface area contributed by atoms with E-state index in [1.165, 1.54) is 4.90 Å². The fourth-order valence-electron chi connectivity index (χ4n) is 2.95. The molecule has 3 aromatic rings. The Morgan fingerprint density at radius 3 is 2.46 bits per heavy atom. The lowest BCUT2D eigenvalue weighted by Gasteiger charge is -2.24. The smallest absolute Gasteiger partial charge is 0.260 e. The van der Waals surface area contributed by atoms with Crippen molar-refractivity contribution < 1.29 is 4.79 Å². The molecule has 0 spiro atoms. The van der Waals surface area contributed by atoms with Gasteiger partial charge in [-0.1, -0.05) is 41.1 Å². The molecule has 28 heavy (non-hydrogen) atoms. The fourth-order valence-corrected chi connectivity index (χ4v) is 4.76. The Bertz CT molecular complexity index is 938. The molecule has 0 saturated carbocycles. The molecule has 148 valence electrons. The maximum absolute atomic E-state index is 13.3. The first-order valence-electron chi connectivity index (χ1n) is 9.30. The van der Waals surface area contributed by atoms with E-state index in [1.807, 2.05) is 35.2 Å². The number of thiazole rings is 1. The van der Waals surface area contributed by atoms with Crippen molar-refractivity contribution in [3.05, 3.63) is 52.5 Å². The number of thioether (sulfide) groups is 1. The predicted octanol–water partition coefficient (Wildman–Crippen LogP) is 5.77. The molecule has 1 aromatic heterocycles. The third-order valence-electron chi connectivity index (χ3n) is 4.69. The van der Waals surface area contributed by atoms with Gasteiger partial charge in [0.15, 0.2) is 5.13 Å². The summed E-state index contributed by atoms with van der Waals surface area (Å²) in [6.07, 6.45) is 2.07. The molecule has 3 rings (SSSR count). The second-order valence-electron chi connectivity index (χ2n) is 6.32. The summed E-state index contributed by atoms with van der Waals surface area (Å²) in [6.45, 7) is 7.66. The van der Waals surface area contributed by atoms with Crippen LogP contribution in [0.5, 0.6) is 0 Å². The van der Waals surface area contributed by atoms with E-state index in [0.717, 1.165) is 39.5 Å². The van der Waals surface area contributed by atoms with Gasteiger partial charge in [0.25, 0.3) is 5.91 Å². The Morgan fingerprint density at radius 2 is 1.82 bits per heavy atom. The Kier molecular flexibility index (Phi) is 7.51. The molecule has 2 aromatic carbocycles. The van der Waals surface area contributed by atoms with Gasteiger partial charge < -0.3 is 4.90 Å². The van der Waals surface area contributed by atoms with Gasteiger partial charge in [-0.3, -0.25) is 9.69 Å². The SMILES string of the molecule is CCN(CC)CCN(C(=O)c1ccc(Br)cc1)c1nc2ccc(SC)cc2s1. The van der Waals surface area contributed by atoms with Crippen molar-refractivity contribution >= 4 is 60.3 Å². The molecular weight excluding hydrogens is 454 g/mol. The summed E-state index contributed by atoms with van der Waals surface area (Å²) in [5, 5.41) is 0.758. The minimum Gasteiger partial charge on any atom is -0.302 e. The lowest BCUT2D eigenvalue weighted by Crippen LogP contribution is -2.38. The zero-order valence-electron chi connectivity index (χ0n) is 16.3. The molecule has 0 N–H and O–H groups in total. The van der Waals surface area contributed by atoms with E-state index in [4.69, 9.17) is 4.98 Å². The Hall–Kier alpha value is -1.41. The van der Waals surface area contributed by atoms with Crippen LogP contribution in [0.1, 0.15) is 24.2 Å². The van der Waals surface area contributed by atoms with Gasteiger partial charge in [0.2, 0.25) is 0 Å². The van der Waals surface area contributed by atoms with Gasteiger partial charge in [-0.05, 0) is 61.8 Å². The summed E-state index contributed by atoms with van der Waals surface area (Å²) < 4.78 is 2.07. The minimum absolute atomic E-state index is 0.0104. The molecule has 0 fully saturated rings. The normalized spacial score (nSPS) is 11.3. The molecule has 1 heterocycles. The molecule has 0 aliphatic heterocycles. The molecule has 0 atom stereocenters. The quantitative estimate of drug-likeness (QED) is 0.385. The largest absolute Gasteiger partial charge is 0.302 e. The number of fused-ring (bicyclic) bond motifs is 1.